The quantitative estimate of drug-likeness (QED) is 0.603. The van der Waals surface area contributed by atoms with E-state index in [4.69, 9.17) is 4.74 Å². The van der Waals surface area contributed by atoms with Crippen molar-refractivity contribution in [2.45, 2.75) is 37.9 Å². The first-order chi connectivity index (χ1) is 16.5. The first-order valence-electron chi connectivity index (χ1n) is 11.4. The summed E-state index contributed by atoms with van der Waals surface area (Å²) in [5.74, 6) is -1.11. The number of ether oxygens (including phenoxy) is 1. The Labute approximate surface area is 202 Å². The fraction of sp³-hybridized carbons (Fsp3) is 0.500. The van der Waals surface area contributed by atoms with Crippen molar-refractivity contribution in [3.8, 4) is 5.75 Å². The number of hydrogen-bond acceptors (Lipinski definition) is 6. The van der Waals surface area contributed by atoms with Crippen molar-refractivity contribution in [3.05, 3.63) is 47.8 Å². The molecule has 2 aromatic rings. The number of benzene rings is 1. The van der Waals surface area contributed by atoms with Crippen molar-refractivity contribution in [2.75, 3.05) is 37.1 Å². The number of aromatic nitrogens is 1. The van der Waals surface area contributed by atoms with Crippen LogP contribution in [0, 0.1) is 5.92 Å². The van der Waals surface area contributed by atoms with Gasteiger partial charge in [-0.2, -0.15) is 13.2 Å². The van der Waals surface area contributed by atoms with Crippen LogP contribution in [0.1, 0.15) is 36.4 Å². The summed E-state index contributed by atoms with van der Waals surface area (Å²) < 4.78 is 71.1. The van der Waals surface area contributed by atoms with E-state index in [-0.39, 0.29) is 29.9 Å². The van der Waals surface area contributed by atoms with Gasteiger partial charge >= 0.3 is 6.18 Å². The third-order valence-corrected chi connectivity index (χ3v) is 8.50. The van der Waals surface area contributed by atoms with E-state index >= 15 is 0 Å². The summed E-state index contributed by atoms with van der Waals surface area (Å²) in [5, 5.41) is 0. The van der Waals surface area contributed by atoms with Crippen molar-refractivity contribution >= 4 is 27.1 Å². The maximum Gasteiger partial charge on any atom is 0.413 e. The number of alkyl halides is 3. The van der Waals surface area contributed by atoms with E-state index in [9.17, 15) is 26.4 Å². The smallest absolute Gasteiger partial charge is 0.413 e. The molecule has 1 aromatic carbocycles. The van der Waals surface area contributed by atoms with Gasteiger partial charge in [0.25, 0.3) is 0 Å². The monoisotopic (exact) mass is 511 g/mol. The number of carbonyl (C=O) groups excluding carboxylic acids is 1. The Hall–Kier alpha value is -2.82. The van der Waals surface area contributed by atoms with Crippen LogP contribution in [0.4, 0.5) is 24.5 Å². The Morgan fingerprint density at radius 2 is 1.83 bits per heavy atom. The second-order valence-electron chi connectivity index (χ2n) is 9.01. The molecule has 7 nitrogen and oxygen atoms in total. The van der Waals surface area contributed by atoms with E-state index in [1.165, 1.54) is 12.1 Å². The van der Waals surface area contributed by atoms with Crippen LogP contribution < -0.4 is 9.64 Å². The molecule has 0 bridgehead atoms. The van der Waals surface area contributed by atoms with Gasteiger partial charge in [-0.25, -0.2) is 8.42 Å². The van der Waals surface area contributed by atoms with Gasteiger partial charge in [-0.15, -0.1) is 0 Å². The normalized spacial score (nSPS) is 19.1. The van der Waals surface area contributed by atoms with Gasteiger partial charge in [-0.3, -0.25) is 9.78 Å². The lowest BCUT2D eigenvalue weighted by Crippen LogP contribution is -2.44. The lowest BCUT2D eigenvalue weighted by Gasteiger charge is -2.35. The number of fused-ring (bicyclic) bond motifs is 1. The molecule has 0 spiro atoms. The predicted molar refractivity (Wildman–Crippen MR) is 126 cm³/mol. The first kappa shape index (κ1) is 25.3. The summed E-state index contributed by atoms with van der Waals surface area (Å²) in [4.78, 5) is 19.8. The summed E-state index contributed by atoms with van der Waals surface area (Å²) in [6.45, 7) is 0.687. The number of rotatable bonds is 5. The molecule has 1 fully saturated rings. The minimum atomic E-state index is -4.69. The van der Waals surface area contributed by atoms with Gasteiger partial charge in [-0.1, -0.05) is 12.1 Å². The lowest BCUT2D eigenvalue weighted by molar-refractivity contribution is -0.190. The number of sulfone groups is 1. The van der Waals surface area contributed by atoms with Crippen molar-refractivity contribution in [3.63, 3.8) is 0 Å². The summed E-state index contributed by atoms with van der Waals surface area (Å²) in [5.41, 5.74) is 2.53. The van der Waals surface area contributed by atoms with Crippen LogP contribution in [0.15, 0.2) is 36.7 Å². The van der Waals surface area contributed by atoms with E-state index in [1.54, 1.807) is 31.6 Å². The van der Waals surface area contributed by atoms with E-state index in [1.807, 2.05) is 4.90 Å². The predicted octanol–water partition coefficient (Wildman–Crippen LogP) is 4.06. The number of hydrogen-bond donors (Lipinski definition) is 0. The molecule has 4 rings (SSSR count). The summed E-state index contributed by atoms with van der Waals surface area (Å²) in [6.07, 6.45) is 0.438. The van der Waals surface area contributed by atoms with Crippen molar-refractivity contribution in [1.82, 2.24) is 9.88 Å². The van der Waals surface area contributed by atoms with Gasteiger partial charge in [-0.05, 0) is 43.4 Å². The van der Waals surface area contributed by atoms with Crippen LogP contribution in [-0.4, -0.2) is 62.6 Å². The Morgan fingerprint density at radius 3 is 2.43 bits per heavy atom. The maximum atomic E-state index is 14.1. The second-order valence-corrected chi connectivity index (χ2v) is 11.3. The summed E-state index contributed by atoms with van der Waals surface area (Å²) >= 11 is 0. The molecule has 2 aliphatic heterocycles. The highest BCUT2D eigenvalue weighted by Crippen LogP contribution is 2.41. The minimum absolute atomic E-state index is 0.0425. The topological polar surface area (TPSA) is 79.8 Å². The third-order valence-electron chi connectivity index (χ3n) is 6.78. The van der Waals surface area contributed by atoms with Crippen LogP contribution in [0.3, 0.4) is 0 Å². The van der Waals surface area contributed by atoms with Crippen molar-refractivity contribution < 1.29 is 31.1 Å². The van der Waals surface area contributed by atoms with Gasteiger partial charge in [0.2, 0.25) is 5.91 Å². The zero-order valence-corrected chi connectivity index (χ0v) is 20.4. The Morgan fingerprint density at radius 1 is 1.17 bits per heavy atom. The van der Waals surface area contributed by atoms with Crippen LogP contribution in [0.2, 0.25) is 0 Å². The summed E-state index contributed by atoms with van der Waals surface area (Å²) in [6, 6.07) is 3.90. The number of amides is 1. The highest BCUT2D eigenvalue weighted by atomic mass is 32.2. The minimum Gasteiger partial charge on any atom is -0.495 e. The zero-order chi connectivity index (χ0) is 25.4. The molecule has 190 valence electrons. The zero-order valence-electron chi connectivity index (χ0n) is 19.6. The van der Waals surface area contributed by atoms with Gasteiger partial charge in [0.1, 0.15) is 15.6 Å². The van der Waals surface area contributed by atoms with E-state index in [0.717, 1.165) is 36.8 Å². The van der Waals surface area contributed by atoms with Gasteiger partial charge < -0.3 is 14.5 Å². The molecule has 1 saturated heterocycles. The van der Waals surface area contributed by atoms with Crippen LogP contribution in [0.5, 0.6) is 5.75 Å². The fourth-order valence-corrected chi connectivity index (χ4v) is 6.43. The molecular weight excluding hydrogens is 483 g/mol. The highest BCUT2D eigenvalue weighted by molar-refractivity contribution is 7.91. The lowest BCUT2D eigenvalue weighted by atomic mass is 9.97. The Kier molecular flexibility index (Phi) is 6.99. The molecule has 2 aliphatic rings. The molecule has 1 aromatic heterocycles. The third kappa shape index (κ3) is 5.24. The van der Waals surface area contributed by atoms with E-state index in [2.05, 4.69) is 4.98 Å². The molecular formula is C24H28F3N3O4S. The van der Waals surface area contributed by atoms with Crippen LogP contribution in [-0.2, 0) is 21.1 Å². The van der Waals surface area contributed by atoms with Crippen LogP contribution in [0.25, 0.3) is 0 Å². The van der Waals surface area contributed by atoms with Crippen LogP contribution >= 0.6 is 0 Å². The standard InChI is InChI=1S/C24H28F3N3O4S/c1-29(23(31)17-9-12-35(32,33)13-10-17)22(24(25,26)27)16-5-7-18(8-6-16)30-11-3-4-19-20(30)14-28-15-21(19)34-2/h5-8,14-15,17,22H,3-4,9-13H2,1-2H3/t22-/m1/s1. The molecule has 3 heterocycles. The molecule has 1 atom stereocenters. The van der Waals surface area contributed by atoms with Crippen molar-refractivity contribution in [2.24, 2.45) is 5.92 Å². The number of anilines is 2. The molecule has 0 aliphatic carbocycles. The number of methoxy groups -OCH3 is 1. The highest BCUT2D eigenvalue weighted by Gasteiger charge is 2.46. The number of pyridine rings is 1. The van der Waals surface area contributed by atoms with E-state index < -0.39 is 33.9 Å². The van der Waals surface area contributed by atoms with Gasteiger partial charge in [0, 0.05) is 30.8 Å². The molecule has 1 amide bonds. The maximum absolute atomic E-state index is 14.1. The number of halogens is 3. The first-order valence-corrected chi connectivity index (χ1v) is 13.3. The average Bonchev–Trinajstić information content (AvgIpc) is 2.82. The average molecular weight is 512 g/mol. The molecule has 0 saturated carbocycles. The second kappa shape index (κ2) is 9.67. The van der Waals surface area contributed by atoms with Crippen molar-refractivity contribution in [1.29, 1.82) is 0 Å². The SMILES string of the molecule is COc1cncc2c1CCCN2c1ccc([C@@H](N(C)C(=O)C2CCS(=O)(=O)CC2)C(F)(F)F)cc1. The van der Waals surface area contributed by atoms with Gasteiger partial charge in [0.15, 0.2) is 6.04 Å². The molecule has 11 heteroatoms. The molecule has 0 unspecified atom stereocenters. The Bertz CT molecular complexity index is 1170. The molecule has 35 heavy (non-hydrogen) atoms. The Balaban J connectivity index is 1.58. The van der Waals surface area contributed by atoms with E-state index in [0.29, 0.717) is 17.2 Å². The summed E-state index contributed by atoms with van der Waals surface area (Å²) in [7, 11) is -0.516. The van der Waals surface area contributed by atoms with Gasteiger partial charge in [0.05, 0.1) is 36.7 Å². The molecule has 0 radical (unpaired) electrons. The largest absolute Gasteiger partial charge is 0.495 e. The number of carbonyl (C=O) groups is 1. The molecule has 0 N–H and O–H groups in total. The number of nitrogens with zero attached hydrogens (tertiary/aromatic N) is 3. The fourth-order valence-electron chi connectivity index (χ4n) is 4.94.